The molecule has 8 heteroatoms. The molecule has 36 heavy (non-hydrogen) atoms. The summed E-state index contributed by atoms with van der Waals surface area (Å²) in [6.45, 7) is 3.64. The number of ketones is 1. The van der Waals surface area contributed by atoms with Gasteiger partial charge in [0.1, 0.15) is 23.0 Å². The van der Waals surface area contributed by atoms with Crippen molar-refractivity contribution in [3.63, 3.8) is 0 Å². The first-order valence-corrected chi connectivity index (χ1v) is 11.3. The summed E-state index contributed by atoms with van der Waals surface area (Å²) >= 11 is 0. The van der Waals surface area contributed by atoms with Crippen LogP contribution in [0.25, 0.3) is 5.76 Å². The number of ether oxygens (including phenoxy) is 3. The first-order chi connectivity index (χ1) is 17.3. The summed E-state index contributed by atoms with van der Waals surface area (Å²) in [6.07, 6.45) is 0. The van der Waals surface area contributed by atoms with Gasteiger partial charge in [-0.3, -0.25) is 19.3 Å². The fourth-order valence-corrected chi connectivity index (χ4v) is 4.09. The van der Waals surface area contributed by atoms with E-state index in [0.717, 1.165) is 0 Å². The lowest BCUT2D eigenvalue weighted by molar-refractivity contribution is -0.132. The number of aliphatic hydroxyl groups is 1. The van der Waals surface area contributed by atoms with E-state index in [4.69, 9.17) is 14.2 Å². The van der Waals surface area contributed by atoms with Gasteiger partial charge in [0.25, 0.3) is 11.7 Å². The Balaban J connectivity index is 1.86. The molecular weight excluding hydrogens is 462 g/mol. The number of aliphatic hydroxyl groups excluding tert-OH is 1. The van der Waals surface area contributed by atoms with Crippen LogP contribution in [0.5, 0.6) is 17.2 Å². The van der Waals surface area contributed by atoms with Crippen molar-refractivity contribution in [1.82, 2.24) is 0 Å². The second-order valence-corrected chi connectivity index (χ2v) is 7.99. The Bertz CT molecular complexity index is 1330. The molecule has 1 atom stereocenters. The number of rotatable bonds is 7. The van der Waals surface area contributed by atoms with Crippen molar-refractivity contribution in [3.8, 4) is 17.2 Å². The van der Waals surface area contributed by atoms with E-state index in [1.807, 2.05) is 6.92 Å². The van der Waals surface area contributed by atoms with Gasteiger partial charge in [-0.2, -0.15) is 0 Å². The second-order valence-electron chi connectivity index (χ2n) is 7.99. The van der Waals surface area contributed by atoms with Crippen molar-refractivity contribution < 1.29 is 33.7 Å². The molecular formula is C28H25NO7. The number of benzene rings is 3. The SMILES string of the molecule is CCOc1ccc(/C(O)=C2\C(=O)C(=O)N(c3cccc(OC)c3)C2c2ccc(OC(C)=O)cc2)cc1. The first kappa shape index (κ1) is 24.5. The Hall–Kier alpha value is -4.59. The first-order valence-electron chi connectivity index (χ1n) is 11.3. The molecule has 0 bridgehead atoms. The lowest BCUT2D eigenvalue weighted by Crippen LogP contribution is -2.29. The number of esters is 1. The van der Waals surface area contributed by atoms with E-state index in [1.54, 1.807) is 72.8 Å². The number of hydrogen-bond donors (Lipinski definition) is 1. The van der Waals surface area contributed by atoms with Gasteiger partial charge < -0.3 is 19.3 Å². The van der Waals surface area contributed by atoms with E-state index in [-0.39, 0.29) is 11.3 Å². The van der Waals surface area contributed by atoms with Gasteiger partial charge in [-0.25, -0.2) is 0 Å². The highest BCUT2D eigenvalue weighted by Crippen LogP contribution is 2.43. The minimum Gasteiger partial charge on any atom is -0.507 e. The molecule has 0 saturated carbocycles. The average Bonchev–Trinajstić information content (AvgIpc) is 3.14. The topological polar surface area (TPSA) is 102 Å². The molecule has 1 saturated heterocycles. The normalized spacial score (nSPS) is 16.6. The number of carbonyl (C=O) groups is 3. The van der Waals surface area contributed by atoms with Gasteiger partial charge >= 0.3 is 5.97 Å². The van der Waals surface area contributed by atoms with Crippen molar-refractivity contribution in [1.29, 1.82) is 0 Å². The highest BCUT2D eigenvalue weighted by molar-refractivity contribution is 6.51. The van der Waals surface area contributed by atoms with Gasteiger partial charge in [-0.15, -0.1) is 0 Å². The number of nitrogens with zero attached hydrogens (tertiary/aromatic N) is 1. The summed E-state index contributed by atoms with van der Waals surface area (Å²) in [6, 6.07) is 18.9. The van der Waals surface area contributed by atoms with E-state index >= 15 is 0 Å². The predicted octanol–water partition coefficient (Wildman–Crippen LogP) is 4.65. The maximum absolute atomic E-state index is 13.3. The summed E-state index contributed by atoms with van der Waals surface area (Å²) in [7, 11) is 1.50. The van der Waals surface area contributed by atoms with E-state index in [9.17, 15) is 19.5 Å². The second kappa shape index (κ2) is 10.4. The van der Waals surface area contributed by atoms with Gasteiger partial charge in [0, 0.05) is 24.2 Å². The predicted molar refractivity (Wildman–Crippen MR) is 133 cm³/mol. The third kappa shape index (κ3) is 4.79. The minimum atomic E-state index is -0.935. The van der Waals surface area contributed by atoms with Gasteiger partial charge in [-0.1, -0.05) is 18.2 Å². The fourth-order valence-electron chi connectivity index (χ4n) is 4.09. The van der Waals surface area contributed by atoms with E-state index in [2.05, 4.69) is 0 Å². The summed E-state index contributed by atoms with van der Waals surface area (Å²) in [5, 5.41) is 11.2. The minimum absolute atomic E-state index is 0.0628. The molecule has 1 fully saturated rings. The zero-order chi connectivity index (χ0) is 25.8. The molecule has 8 nitrogen and oxygen atoms in total. The summed E-state index contributed by atoms with van der Waals surface area (Å²) in [5.41, 5.74) is 1.27. The van der Waals surface area contributed by atoms with Crippen LogP contribution in [-0.2, 0) is 14.4 Å². The molecule has 0 radical (unpaired) electrons. The lowest BCUT2D eigenvalue weighted by atomic mass is 9.95. The highest BCUT2D eigenvalue weighted by atomic mass is 16.5. The van der Waals surface area contributed by atoms with Crippen molar-refractivity contribution in [3.05, 3.63) is 89.5 Å². The molecule has 3 aromatic carbocycles. The third-order valence-corrected chi connectivity index (χ3v) is 5.67. The smallest absolute Gasteiger partial charge is 0.308 e. The fraction of sp³-hybridized carbons (Fsp3) is 0.179. The molecule has 0 aliphatic carbocycles. The van der Waals surface area contributed by atoms with Gasteiger partial charge in [0.15, 0.2) is 0 Å². The summed E-state index contributed by atoms with van der Waals surface area (Å²) < 4.78 is 15.9. The number of Topliss-reactive ketones (excluding diaryl/α,β-unsaturated/α-hetero) is 1. The molecule has 1 aliphatic rings. The number of methoxy groups -OCH3 is 1. The number of anilines is 1. The third-order valence-electron chi connectivity index (χ3n) is 5.67. The van der Waals surface area contributed by atoms with Crippen LogP contribution in [-0.4, -0.2) is 36.5 Å². The van der Waals surface area contributed by atoms with E-state index in [0.29, 0.717) is 40.7 Å². The zero-order valence-corrected chi connectivity index (χ0v) is 20.1. The molecule has 4 rings (SSSR count). The highest BCUT2D eigenvalue weighted by Gasteiger charge is 2.47. The van der Waals surface area contributed by atoms with Crippen LogP contribution >= 0.6 is 0 Å². The molecule has 1 heterocycles. The van der Waals surface area contributed by atoms with Crippen LogP contribution in [0.3, 0.4) is 0 Å². The van der Waals surface area contributed by atoms with Gasteiger partial charge in [0.05, 0.1) is 25.3 Å². The quantitative estimate of drug-likeness (QED) is 0.170. The number of amides is 1. The zero-order valence-electron chi connectivity index (χ0n) is 20.1. The van der Waals surface area contributed by atoms with Gasteiger partial charge in [-0.05, 0) is 61.0 Å². The van der Waals surface area contributed by atoms with E-state index < -0.39 is 23.7 Å². The molecule has 1 amide bonds. The Morgan fingerprint density at radius 1 is 0.944 bits per heavy atom. The summed E-state index contributed by atoms with van der Waals surface area (Å²) in [5.74, 6) is -0.955. The molecule has 0 spiro atoms. The lowest BCUT2D eigenvalue weighted by Gasteiger charge is -2.26. The Kier molecular flexibility index (Phi) is 7.05. The largest absolute Gasteiger partial charge is 0.507 e. The molecule has 184 valence electrons. The molecule has 3 aromatic rings. The van der Waals surface area contributed by atoms with Crippen LogP contribution in [0.2, 0.25) is 0 Å². The Morgan fingerprint density at radius 3 is 2.22 bits per heavy atom. The number of carbonyl (C=O) groups excluding carboxylic acids is 3. The van der Waals surface area contributed by atoms with Crippen molar-refractivity contribution in [2.24, 2.45) is 0 Å². The monoisotopic (exact) mass is 487 g/mol. The van der Waals surface area contributed by atoms with Crippen LogP contribution in [0.15, 0.2) is 78.4 Å². The van der Waals surface area contributed by atoms with E-state index in [1.165, 1.54) is 18.9 Å². The van der Waals surface area contributed by atoms with Crippen LogP contribution in [0, 0.1) is 0 Å². The van der Waals surface area contributed by atoms with Crippen LogP contribution in [0.4, 0.5) is 5.69 Å². The molecule has 1 N–H and O–H groups in total. The van der Waals surface area contributed by atoms with Crippen LogP contribution in [0.1, 0.15) is 31.0 Å². The van der Waals surface area contributed by atoms with Crippen molar-refractivity contribution in [2.75, 3.05) is 18.6 Å². The Labute approximate surface area is 208 Å². The maximum Gasteiger partial charge on any atom is 0.308 e. The number of hydrogen-bond acceptors (Lipinski definition) is 7. The van der Waals surface area contributed by atoms with Crippen molar-refractivity contribution >= 4 is 29.1 Å². The molecule has 0 aromatic heterocycles. The van der Waals surface area contributed by atoms with Gasteiger partial charge in [0.2, 0.25) is 0 Å². The molecule has 1 unspecified atom stereocenters. The summed E-state index contributed by atoms with van der Waals surface area (Å²) in [4.78, 5) is 39.2. The standard InChI is InChI=1S/C28H25NO7/c1-4-35-21-12-10-19(11-13-21)26(31)24-25(18-8-14-22(15-9-18)36-17(2)30)29(28(33)27(24)32)20-6-5-7-23(16-20)34-3/h5-16,25,31H,4H2,1-3H3/b26-24+. The molecule has 1 aliphatic heterocycles. The van der Waals surface area contributed by atoms with Crippen LogP contribution < -0.4 is 19.1 Å². The maximum atomic E-state index is 13.3. The average molecular weight is 488 g/mol. The van der Waals surface area contributed by atoms with Crippen molar-refractivity contribution in [2.45, 2.75) is 19.9 Å². The Morgan fingerprint density at radius 2 is 1.61 bits per heavy atom.